The molecule has 2 aromatic carbocycles. The van der Waals surface area contributed by atoms with Crippen molar-refractivity contribution in [3.63, 3.8) is 0 Å². The van der Waals surface area contributed by atoms with Gasteiger partial charge in [-0.3, -0.25) is 0 Å². The lowest BCUT2D eigenvalue weighted by Crippen LogP contribution is -2.04. The molecule has 0 amide bonds. The van der Waals surface area contributed by atoms with E-state index < -0.39 is 0 Å². The number of halogens is 1. The van der Waals surface area contributed by atoms with E-state index in [1.54, 1.807) is 19.2 Å². The molecule has 0 heterocycles. The second kappa shape index (κ2) is 7.56. The normalized spacial score (nSPS) is 11.5. The standard InChI is InChI=1S/C17H16ClNO2/c1-20-16-7-5-13(6-8-16)14(12-19)9-10-21-17-4-2-3-15(18)11-17/h2-8,11,14H,9-10H2,1H3. The minimum Gasteiger partial charge on any atom is -0.497 e. The monoisotopic (exact) mass is 301 g/mol. The average molecular weight is 302 g/mol. The van der Waals surface area contributed by atoms with Gasteiger partial charge in [-0.1, -0.05) is 29.8 Å². The van der Waals surface area contributed by atoms with Crippen LogP contribution in [-0.2, 0) is 0 Å². The van der Waals surface area contributed by atoms with E-state index in [0.29, 0.717) is 23.8 Å². The van der Waals surface area contributed by atoms with Gasteiger partial charge in [0.05, 0.1) is 25.7 Å². The first-order valence-electron chi connectivity index (χ1n) is 6.65. The fraction of sp³-hybridized carbons (Fsp3) is 0.235. The zero-order valence-corrected chi connectivity index (χ0v) is 12.5. The van der Waals surface area contributed by atoms with Crippen molar-refractivity contribution in [1.29, 1.82) is 5.26 Å². The first-order valence-corrected chi connectivity index (χ1v) is 7.02. The Kier molecular flexibility index (Phi) is 5.48. The van der Waals surface area contributed by atoms with Gasteiger partial charge in [-0.05, 0) is 35.9 Å². The summed E-state index contributed by atoms with van der Waals surface area (Å²) >= 11 is 5.89. The van der Waals surface area contributed by atoms with Crippen LogP contribution in [0, 0.1) is 11.3 Å². The summed E-state index contributed by atoms with van der Waals surface area (Å²) in [4.78, 5) is 0. The molecule has 0 aliphatic rings. The van der Waals surface area contributed by atoms with Gasteiger partial charge in [0.1, 0.15) is 11.5 Å². The highest BCUT2D eigenvalue weighted by atomic mass is 35.5. The molecular weight excluding hydrogens is 286 g/mol. The molecule has 0 saturated heterocycles. The van der Waals surface area contributed by atoms with Crippen LogP contribution in [-0.4, -0.2) is 13.7 Å². The quantitative estimate of drug-likeness (QED) is 0.793. The van der Waals surface area contributed by atoms with Crippen LogP contribution in [0.5, 0.6) is 11.5 Å². The molecule has 21 heavy (non-hydrogen) atoms. The molecule has 2 rings (SSSR count). The van der Waals surface area contributed by atoms with Crippen molar-refractivity contribution in [2.75, 3.05) is 13.7 Å². The molecule has 0 fully saturated rings. The largest absolute Gasteiger partial charge is 0.497 e. The van der Waals surface area contributed by atoms with Gasteiger partial charge in [0.15, 0.2) is 0 Å². The first kappa shape index (κ1) is 15.2. The summed E-state index contributed by atoms with van der Waals surface area (Å²) in [6.45, 7) is 0.463. The zero-order chi connectivity index (χ0) is 15.1. The predicted molar refractivity (Wildman–Crippen MR) is 82.9 cm³/mol. The number of methoxy groups -OCH3 is 1. The summed E-state index contributed by atoms with van der Waals surface area (Å²) in [6, 6.07) is 17.1. The van der Waals surface area contributed by atoms with E-state index >= 15 is 0 Å². The second-order valence-corrected chi connectivity index (χ2v) is 4.99. The Balaban J connectivity index is 1.92. The van der Waals surface area contributed by atoms with Crippen LogP contribution >= 0.6 is 11.6 Å². The molecule has 0 spiro atoms. The molecular formula is C17H16ClNO2. The Hall–Kier alpha value is -2.18. The zero-order valence-electron chi connectivity index (χ0n) is 11.8. The lowest BCUT2D eigenvalue weighted by molar-refractivity contribution is 0.306. The topological polar surface area (TPSA) is 42.2 Å². The van der Waals surface area contributed by atoms with E-state index in [4.69, 9.17) is 21.1 Å². The molecule has 0 aromatic heterocycles. The van der Waals surface area contributed by atoms with Crippen molar-refractivity contribution in [2.24, 2.45) is 0 Å². The third-order valence-electron chi connectivity index (χ3n) is 3.15. The maximum atomic E-state index is 9.29. The molecule has 0 aliphatic carbocycles. The third-order valence-corrected chi connectivity index (χ3v) is 3.38. The van der Waals surface area contributed by atoms with E-state index in [2.05, 4.69) is 6.07 Å². The van der Waals surface area contributed by atoms with E-state index in [1.807, 2.05) is 36.4 Å². The lowest BCUT2D eigenvalue weighted by Gasteiger charge is -2.11. The van der Waals surface area contributed by atoms with E-state index in [9.17, 15) is 5.26 Å². The molecule has 2 aromatic rings. The van der Waals surface area contributed by atoms with Gasteiger partial charge >= 0.3 is 0 Å². The molecule has 1 unspecified atom stereocenters. The van der Waals surface area contributed by atoms with Crippen LogP contribution in [0.15, 0.2) is 48.5 Å². The summed E-state index contributed by atoms with van der Waals surface area (Å²) in [5.41, 5.74) is 0.966. The SMILES string of the molecule is COc1ccc(C(C#N)CCOc2cccc(Cl)c2)cc1. The van der Waals surface area contributed by atoms with Crippen molar-refractivity contribution in [2.45, 2.75) is 12.3 Å². The van der Waals surface area contributed by atoms with Crippen LogP contribution in [0.3, 0.4) is 0 Å². The summed E-state index contributed by atoms with van der Waals surface area (Å²) in [5.74, 6) is 1.30. The van der Waals surface area contributed by atoms with Gasteiger partial charge in [-0.25, -0.2) is 0 Å². The van der Waals surface area contributed by atoms with Crippen molar-refractivity contribution in [1.82, 2.24) is 0 Å². The van der Waals surface area contributed by atoms with Gasteiger partial charge in [0.2, 0.25) is 0 Å². The highest BCUT2D eigenvalue weighted by Gasteiger charge is 2.11. The molecule has 108 valence electrons. The lowest BCUT2D eigenvalue weighted by atomic mass is 9.97. The second-order valence-electron chi connectivity index (χ2n) is 4.55. The Bertz CT molecular complexity index is 619. The van der Waals surface area contributed by atoms with Crippen molar-refractivity contribution < 1.29 is 9.47 Å². The van der Waals surface area contributed by atoms with E-state index in [-0.39, 0.29) is 5.92 Å². The van der Waals surface area contributed by atoms with Gasteiger partial charge in [0.25, 0.3) is 0 Å². The van der Waals surface area contributed by atoms with Crippen LogP contribution in [0.25, 0.3) is 0 Å². The summed E-state index contributed by atoms with van der Waals surface area (Å²) in [5, 5.41) is 9.93. The van der Waals surface area contributed by atoms with Crippen LogP contribution < -0.4 is 9.47 Å². The van der Waals surface area contributed by atoms with Crippen molar-refractivity contribution >= 4 is 11.6 Å². The van der Waals surface area contributed by atoms with Gasteiger partial charge in [0, 0.05) is 11.4 Å². The molecule has 0 saturated carbocycles. The smallest absolute Gasteiger partial charge is 0.120 e. The predicted octanol–water partition coefficient (Wildman–Crippen LogP) is 4.42. The molecule has 4 heteroatoms. The first-order chi connectivity index (χ1) is 10.2. The number of hydrogen-bond donors (Lipinski definition) is 0. The molecule has 1 atom stereocenters. The number of hydrogen-bond acceptors (Lipinski definition) is 3. The molecule has 0 radical (unpaired) electrons. The van der Waals surface area contributed by atoms with E-state index in [0.717, 1.165) is 11.3 Å². The highest BCUT2D eigenvalue weighted by Crippen LogP contribution is 2.23. The Morgan fingerprint density at radius 1 is 1.14 bits per heavy atom. The fourth-order valence-corrected chi connectivity index (χ4v) is 2.17. The third kappa shape index (κ3) is 4.40. The number of nitriles is 1. The number of nitrogens with zero attached hydrogens (tertiary/aromatic N) is 1. The molecule has 3 nitrogen and oxygen atoms in total. The highest BCUT2D eigenvalue weighted by molar-refractivity contribution is 6.30. The van der Waals surface area contributed by atoms with Crippen molar-refractivity contribution in [3.05, 3.63) is 59.1 Å². The fourth-order valence-electron chi connectivity index (χ4n) is 1.99. The Morgan fingerprint density at radius 3 is 2.52 bits per heavy atom. The van der Waals surface area contributed by atoms with E-state index in [1.165, 1.54) is 0 Å². The Morgan fingerprint density at radius 2 is 1.90 bits per heavy atom. The maximum absolute atomic E-state index is 9.29. The van der Waals surface area contributed by atoms with Gasteiger partial charge in [-0.15, -0.1) is 0 Å². The summed E-state index contributed by atoms with van der Waals surface area (Å²) < 4.78 is 10.7. The maximum Gasteiger partial charge on any atom is 0.120 e. The van der Waals surface area contributed by atoms with Crippen LogP contribution in [0.2, 0.25) is 5.02 Å². The number of benzene rings is 2. The van der Waals surface area contributed by atoms with Crippen LogP contribution in [0.4, 0.5) is 0 Å². The molecule has 0 aliphatic heterocycles. The molecule has 0 N–H and O–H groups in total. The number of ether oxygens (including phenoxy) is 2. The summed E-state index contributed by atoms with van der Waals surface area (Å²) in [7, 11) is 1.62. The number of rotatable bonds is 6. The Labute approximate surface area is 129 Å². The van der Waals surface area contributed by atoms with Crippen molar-refractivity contribution in [3.8, 4) is 17.6 Å². The van der Waals surface area contributed by atoms with Gasteiger partial charge < -0.3 is 9.47 Å². The summed E-state index contributed by atoms with van der Waals surface area (Å²) in [6.07, 6.45) is 0.620. The van der Waals surface area contributed by atoms with Crippen LogP contribution in [0.1, 0.15) is 17.9 Å². The van der Waals surface area contributed by atoms with Gasteiger partial charge in [-0.2, -0.15) is 5.26 Å². The minimum atomic E-state index is -0.199. The minimum absolute atomic E-state index is 0.199. The molecule has 0 bridgehead atoms. The average Bonchev–Trinajstić information content (AvgIpc) is 2.52.